The van der Waals surface area contributed by atoms with Crippen LogP contribution in [-0.4, -0.2) is 7.11 Å². The third-order valence-corrected chi connectivity index (χ3v) is 2.86. The van der Waals surface area contributed by atoms with Gasteiger partial charge in [0.05, 0.1) is 7.11 Å². The normalized spacial score (nSPS) is 9.58. The Balaban J connectivity index is 0.000000861. The molecule has 0 N–H and O–H groups in total. The first-order valence-electron chi connectivity index (χ1n) is 6.22. The highest BCUT2D eigenvalue weighted by Crippen LogP contribution is 2.30. The van der Waals surface area contributed by atoms with Crippen molar-refractivity contribution >= 4 is 11.6 Å². The minimum Gasteiger partial charge on any atom is -0.496 e. The second-order valence-electron chi connectivity index (χ2n) is 3.81. The van der Waals surface area contributed by atoms with Gasteiger partial charge in [-0.15, -0.1) is 0 Å². The number of hydrogen-bond acceptors (Lipinski definition) is 1. The summed E-state index contributed by atoms with van der Waals surface area (Å²) in [5.74, 6) is 0.395. The number of aryl methyl sites for hydroxylation is 1. The molecule has 2 rings (SSSR count). The van der Waals surface area contributed by atoms with E-state index in [1.54, 1.807) is 31.4 Å². The van der Waals surface area contributed by atoms with Crippen LogP contribution in [0.4, 0.5) is 4.39 Å². The highest BCUT2D eigenvalue weighted by Gasteiger charge is 2.09. The fraction of sp³-hybridized carbons (Fsp3) is 0.250. The van der Waals surface area contributed by atoms with Crippen molar-refractivity contribution in [3.05, 3.63) is 52.8 Å². The van der Waals surface area contributed by atoms with Crippen LogP contribution in [0.3, 0.4) is 0 Å². The molecule has 0 radical (unpaired) electrons. The first-order chi connectivity index (χ1) is 9.11. The van der Waals surface area contributed by atoms with E-state index in [1.165, 1.54) is 6.07 Å². The quantitative estimate of drug-likeness (QED) is 0.707. The summed E-state index contributed by atoms with van der Waals surface area (Å²) in [5.41, 5.74) is 2.01. The summed E-state index contributed by atoms with van der Waals surface area (Å²) < 4.78 is 19.1. The monoisotopic (exact) mass is 280 g/mol. The number of hydrogen-bond donors (Lipinski definition) is 0. The molecule has 0 aliphatic rings. The Labute approximate surface area is 119 Å². The van der Waals surface area contributed by atoms with Gasteiger partial charge in [-0.3, -0.25) is 0 Å². The Bertz CT molecular complexity index is 552. The molecule has 0 fully saturated rings. The summed E-state index contributed by atoms with van der Waals surface area (Å²) in [7, 11) is 1.57. The van der Waals surface area contributed by atoms with E-state index in [0.717, 1.165) is 11.1 Å². The molecule has 0 saturated carbocycles. The molecule has 102 valence electrons. The number of ether oxygens (including phenoxy) is 1. The topological polar surface area (TPSA) is 9.23 Å². The van der Waals surface area contributed by atoms with Crippen molar-refractivity contribution in [1.29, 1.82) is 0 Å². The van der Waals surface area contributed by atoms with E-state index < -0.39 is 0 Å². The zero-order valence-corrected chi connectivity index (χ0v) is 12.4. The summed E-state index contributed by atoms with van der Waals surface area (Å²) in [6.07, 6.45) is 0. The van der Waals surface area contributed by atoms with Crippen molar-refractivity contribution in [3.8, 4) is 16.9 Å². The standard InChI is InChI=1S/C14H12ClFO.C2H6/c1-9-6-13(16)12(8-14(9)17-2)10-4-3-5-11(15)7-10;1-2/h3-8H,1-2H3;1-2H3. The lowest BCUT2D eigenvalue weighted by Gasteiger charge is -2.09. The smallest absolute Gasteiger partial charge is 0.131 e. The Hall–Kier alpha value is -1.54. The van der Waals surface area contributed by atoms with Gasteiger partial charge in [0.2, 0.25) is 0 Å². The van der Waals surface area contributed by atoms with Crippen LogP contribution in [0.5, 0.6) is 5.75 Å². The molecule has 19 heavy (non-hydrogen) atoms. The predicted octanol–water partition coefficient (Wildman–Crippen LogP) is 5.49. The van der Waals surface area contributed by atoms with Crippen LogP contribution in [0, 0.1) is 12.7 Å². The van der Waals surface area contributed by atoms with Crippen molar-refractivity contribution in [1.82, 2.24) is 0 Å². The van der Waals surface area contributed by atoms with Crippen LogP contribution in [0.1, 0.15) is 19.4 Å². The van der Waals surface area contributed by atoms with Crippen LogP contribution < -0.4 is 4.74 Å². The molecule has 2 aromatic carbocycles. The predicted molar refractivity (Wildman–Crippen MR) is 79.5 cm³/mol. The average Bonchev–Trinajstić information content (AvgIpc) is 2.41. The lowest BCUT2D eigenvalue weighted by Crippen LogP contribution is -1.92. The fourth-order valence-electron chi connectivity index (χ4n) is 1.75. The van der Waals surface area contributed by atoms with E-state index >= 15 is 0 Å². The molecule has 2 aromatic rings. The van der Waals surface area contributed by atoms with Gasteiger partial charge < -0.3 is 4.74 Å². The van der Waals surface area contributed by atoms with E-state index in [0.29, 0.717) is 16.3 Å². The average molecular weight is 281 g/mol. The van der Waals surface area contributed by atoms with Crippen LogP contribution in [0.25, 0.3) is 11.1 Å². The number of benzene rings is 2. The van der Waals surface area contributed by atoms with Gasteiger partial charge in [-0.1, -0.05) is 37.6 Å². The summed E-state index contributed by atoms with van der Waals surface area (Å²) in [4.78, 5) is 0. The van der Waals surface area contributed by atoms with Gasteiger partial charge in [0.1, 0.15) is 11.6 Å². The van der Waals surface area contributed by atoms with Crippen molar-refractivity contribution in [2.75, 3.05) is 7.11 Å². The van der Waals surface area contributed by atoms with Crippen molar-refractivity contribution in [2.45, 2.75) is 20.8 Å². The lowest BCUT2D eigenvalue weighted by atomic mass is 10.0. The van der Waals surface area contributed by atoms with Gasteiger partial charge >= 0.3 is 0 Å². The van der Waals surface area contributed by atoms with Crippen LogP contribution in [0.15, 0.2) is 36.4 Å². The first-order valence-corrected chi connectivity index (χ1v) is 6.59. The maximum atomic E-state index is 13.9. The maximum Gasteiger partial charge on any atom is 0.131 e. The molecule has 0 heterocycles. The Morgan fingerprint density at radius 3 is 2.37 bits per heavy atom. The molecule has 0 aromatic heterocycles. The van der Waals surface area contributed by atoms with Crippen LogP contribution in [-0.2, 0) is 0 Å². The minimum absolute atomic E-state index is 0.273. The molecule has 0 bridgehead atoms. The number of rotatable bonds is 2. The summed E-state index contributed by atoms with van der Waals surface area (Å²) in [6, 6.07) is 10.3. The number of methoxy groups -OCH3 is 1. The molecular weight excluding hydrogens is 263 g/mol. The molecule has 3 heteroatoms. The molecular formula is C16H18ClFO. The van der Waals surface area contributed by atoms with E-state index in [4.69, 9.17) is 16.3 Å². The van der Waals surface area contributed by atoms with Crippen molar-refractivity contribution in [2.24, 2.45) is 0 Å². The van der Waals surface area contributed by atoms with Gasteiger partial charge in [0.15, 0.2) is 0 Å². The maximum absolute atomic E-state index is 13.9. The third kappa shape index (κ3) is 3.71. The molecule has 0 saturated heterocycles. The van der Waals surface area contributed by atoms with Gasteiger partial charge in [0, 0.05) is 10.6 Å². The van der Waals surface area contributed by atoms with Gasteiger partial charge in [-0.05, 0) is 42.3 Å². The molecule has 0 aliphatic carbocycles. The summed E-state index contributed by atoms with van der Waals surface area (Å²) in [5, 5.41) is 0.585. The van der Waals surface area contributed by atoms with Crippen molar-refractivity contribution < 1.29 is 9.13 Å². The minimum atomic E-state index is -0.273. The molecule has 1 nitrogen and oxygen atoms in total. The van der Waals surface area contributed by atoms with Gasteiger partial charge in [-0.2, -0.15) is 0 Å². The highest BCUT2D eigenvalue weighted by atomic mass is 35.5. The molecule has 0 atom stereocenters. The second kappa shape index (κ2) is 7.15. The van der Waals surface area contributed by atoms with E-state index in [9.17, 15) is 4.39 Å². The summed E-state index contributed by atoms with van der Waals surface area (Å²) in [6.45, 7) is 5.81. The third-order valence-electron chi connectivity index (χ3n) is 2.62. The number of halogens is 2. The molecule has 0 aliphatic heterocycles. The summed E-state index contributed by atoms with van der Waals surface area (Å²) >= 11 is 5.90. The van der Waals surface area contributed by atoms with Gasteiger partial charge in [0.25, 0.3) is 0 Å². The molecule has 0 spiro atoms. The van der Waals surface area contributed by atoms with Crippen LogP contribution >= 0.6 is 11.6 Å². The van der Waals surface area contributed by atoms with Crippen LogP contribution in [0.2, 0.25) is 5.02 Å². The largest absolute Gasteiger partial charge is 0.496 e. The van der Waals surface area contributed by atoms with E-state index in [-0.39, 0.29) is 5.82 Å². The Kier molecular flexibility index (Phi) is 5.84. The Morgan fingerprint density at radius 2 is 1.79 bits per heavy atom. The second-order valence-corrected chi connectivity index (χ2v) is 4.25. The molecule has 0 amide bonds. The SMILES string of the molecule is CC.COc1cc(-c2cccc(Cl)c2)c(F)cc1C. The fourth-order valence-corrected chi connectivity index (χ4v) is 1.94. The zero-order valence-electron chi connectivity index (χ0n) is 11.6. The Morgan fingerprint density at radius 1 is 1.11 bits per heavy atom. The van der Waals surface area contributed by atoms with Crippen molar-refractivity contribution in [3.63, 3.8) is 0 Å². The zero-order chi connectivity index (χ0) is 14.4. The van der Waals surface area contributed by atoms with Gasteiger partial charge in [-0.25, -0.2) is 4.39 Å². The highest BCUT2D eigenvalue weighted by molar-refractivity contribution is 6.30. The molecule has 0 unspecified atom stereocenters. The van der Waals surface area contributed by atoms with E-state index in [1.807, 2.05) is 26.8 Å². The van der Waals surface area contributed by atoms with E-state index in [2.05, 4.69) is 0 Å². The lowest BCUT2D eigenvalue weighted by molar-refractivity contribution is 0.410. The first kappa shape index (κ1) is 15.5.